The summed E-state index contributed by atoms with van der Waals surface area (Å²) < 4.78 is 16.3. The van der Waals surface area contributed by atoms with Crippen molar-refractivity contribution in [3.63, 3.8) is 0 Å². The van der Waals surface area contributed by atoms with E-state index in [1.165, 1.54) is 23.5 Å². The zero-order valence-electron chi connectivity index (χ0n) is 29.6. The van der Waals surface area contributed by atoms with Crippen molar-refractivity contribution in [2.24, 2.45) is 23.2 Å². The maximum atomic E-state index is 16.3. The van der Waals surface area contributed by atoms with E-state index in [1.54, 1.807) is 27.7 Å². The van der Waals surface area contributed by atoms with Gasteiger partial charge in [-0.15, -0.1) is 0 Å². The average Bonchev–Trinajstić information content (AvgIpc) is 3.65. The lowest BCUT2D eigenvalue weighted by Crippen LogP contribution is -2.63. The minimum atomic E-state index is -2.93. The fourth-order valence-corrected chi connectivity index (χ4v) is 7.92. The Morgan fingerprint density at radius 1 is 0.940 bits per heavy atom. The standard InChI is InChI=1S/C36H52FN7O6/c1-5-16-36(37,29(45)33(49)40-23-14-15-23)43-32(48)27-24-13-9-12-22(24)20-44(27)34(50)28(35(2,3)4)42-31(47)26(21-10-7-6-8-11-21)41-30(46)25-19-38-17-18-39-25/h17-19,21-24,26-28H,5-16,20H2,1-4H3,(H,40,49)(H,41,46)(H,42,47)(H,43,48)/t22-,24-,26-,27-,28?,36?/m0/s1. The zero-order valence-corrected chi connectivity index (χ0v) is 29.6. The summed E-state index contributed by atoms with van der Waals surface area (Å²) in [6.07, 6.45) is 11.9. The predicted molar refractivity (Wildman–Crippen MR) is 181 cm³/mol. The molecule has 6 atom stereocenters. The average molecular weight is 698 g/mol. The van der Waals surface area contributed by atoms with Gasteiger partial charge < -0.3 is 26.2 Å². The summed E-state index contributed by atoms with van der Waals surface area (Å²) in [6.45, 7) is 7.31. The number of amides is 5. The van der Waals surface area contributed by atoms with E-state index in [-0.39, 0.29) is 42.5 Å². The fraction of sp³-hybridized carbons (Fsp3) is 0.722. The van der Waals surface area contributed by atoms with E-state index in [0.717, 1.165) is 44.9 Å². The molecule has 5 rings (SSSR count). The molecule has 14 heteroatoms. The number of aromatic nitrogens is 2. The molecule has 50 heavy (non-hydrogen) atoms. The fourth-order valence-electron chi connectivity index (χ4n) is 7.92. The summed E-state index contributed by atoms with van der Waals surface area (Å²) in [5.74, 6) is -8.17. The second kappa shape index (κ2) is 15.5. The molecule has 1 aliphatic heterocycles. The Morgan fingerprint density at radius 2 is 1.66 bits per heavy atom. The Morgan fingerprint density at radius 3 is 2.28 bits per heavy atom. The van der Waals surface area contributed by atoms with E-state index in [1.807, 2.05) is 0 Å². The molecule has 3 saturated carbocycles. The van der Waals surface area contributed by atoms with Crippen LogP contribution < -0.4 is 21.3 Å². The quantitative estimate of drug-likeness (QED) is 0.180. The first kappa shape index (κ1) is 37.3. The summed E-state index contributed by atoms with van der Waals surface area (Å²) in [7, 11) is 0. The molecule has 5 amide bonds. The van der Waals surface area contributed by atoms with Crippen LogP contribution in [0.15, 0.2) is 18.6 Å². The third-order valence-electron chi connectivity index (χ3n) is 10.7. The minimum absolute atomic E-state index is 0.0127. The third kappa shape index (κ3) is 8.48. The highest BCUT2D eigenvalue weighted by atomic mass is 19.1. The molecule has 0 radical (unpaired) electrons. The topological polar surface area (TPSA) is 180 Å². The summed E-state index contributed by atoms with van der Waals surface area (Å²) in [5, 5.41) is 10.6. The van der Waals surface area contributed by atoms with Crippen LogP contribution in [0.3, 0.4) is 0 Å². The van der Waals surface area contributed by atoms with Gasteiger partial charge in [-0.05, 0) is 61.7 Å². The lowest BCUT2D eigenvalue weighted by atomic mass is 9.82. The number of hydrogen-bond donors (Lipinski definition) is 4. The number of hydrogen-bond acceptors (Lipinski definition) is 8. The highest BCUT2D eigenvalue weighted by Crippen LogP contribution is 2.43. The monoisotopic (exact) mass is 697 g/mol. The van der Waals surface area contributed by atoms with Gasteiger partial charge in [-0.25, -0.2) is 9.37 Å². The number of halogens is 1. The van der Waals surface area contributed by atoms with E-state index in [0.29, 0.717) is 19.3 Å². The molecule has 2 heterocycles. The number of nitrogens with one attached hydrogen (secondary N) is 4. The van der Waals surface area contributed by atoms with Gasteiger partial charge in [0.15, 0.2) is 0 Å². The molecule has 274 valence electrons. The highest BCUT2D eigenvalue weighted by Gasteiger charge is 2.54. The van der Waals surface area contributed by atoms with Crippen LogP contribution in [0.25, 0.3) is 0 Å². The molecule has 2 unspecified atom stereocenters. The van der Waals surface area contributed by atoms with Crippen molar-refractivity contribution >= 4 is 35.3 Å². The first-order valence-electron chi connectivity index (χ1n) is 18.3. The number of carbonyl (C=O) groups excluding carboxylic acids is 6. The van der Waals surface area contributed by atoms with Crippen LogP contribution in [0.1, 0.15) is 115 Å². The molecule has 0 bridgehead atoms. The van der Waals surface area contributed by atoms with E-state index in [2.05, 4.69) is 31.2 Å². The first-order valence-corrected chi connectivity index (χ1v) is 18.3. The smallest absolute Gasteiger partial charge is 0.293 e. The van der Waals surface area contributed by atoms with Crippen LogP contribution in [-0.4, -0.2) is 86.7 Å². The Balaban J connectivity index is 1.38. The van der Waals surface area contributed by atoms with Gasteiger partial charge in [0, 0.05) is 31.4 Å². The molecular weight excluding hydrogens is 645 g/mol. The molecule has 13 nitrogen and oxygen atoms in total. The van der Waals surface area contributed by atoms with Gasteiger partial charge in [-0.1, -0.05) is 59.8 Å². The number of ketones is 1. The van der Waals surface area contributed by atoms with Crippen molar-refractivity contribution in [2.45, 2.75) is 135 Å². The Kier molecular flexibility index (Phi) is 11.6. The van der Waals surface area contributed by atoms with Gasteiger partial charge in [0.1, 0.15) is 23.8 Å². The Bertz CT molecular complexity index is 1440. The summed E-state index contributed by atoms with van der Waals surface area (Å²) in [5.41, 5.74) is -0.752. The van der Waals surface area contributed by atoms with E-state index < -0.39 is 71.1 Å². The number of nitrogens with zero attached hydrogens (tertiary/aromatic N) is 3. The summed E-state index contributed by atoms with van der Waals surface area (Å²) in [4.78, 5) is 91.1. The highest BCUT2D eigenvalue weighted by molar-refractivity contribution is 6.39. The normalized spacial score (nSPS) is 24.7. The molecule has 0 spiro atoms. The lowest BCUT2D eigenvalue weighted by molar-refractivity contribution is -0.152. The summed E-state index contributed by atoms with van der Waals surface area (Å²) in [6, 6.07) is -3.29. The van der Waals surface area contributed by atoms with Crippen molar-refractivity contribution in [3.05, 3.63) is 24.3 Å². The van der Waals surface area contributed by atoms with Gasteiger partial charge in [0.2, 0.25) is 17.7 Å². The van der Waals surface area contributed by atoms with Crippen molar-refractivity contribution in [2.75, 3.05) is 6.54 Å². The Labute approximate surface area is 293 Å². The molecule has 4 fully saturated rings. The number of fused-ring (bicyclic) bond motifs is 1. The maximum Gasteiger partial charge on any atom is 0.293 e. The zero-order chi connectivity index (χ0) is 36.2. The first-order chi connectivity index (χ1) is 23.7. The molecule has 4 N–H and O–H groups in total. The second-order valence-electron chi connectivity index (χ2n) is 15.7. The number of likely N-dealkylation sites (tertiary alicyclic amines) is 1. The van der Waals surface area contributed by atoms with Crippen LogP contribution in [0.5, 0.6) is 0 Å². The Hall–Kier alpha value is -3.97. The van der Waals surface area contributed by atoms with Crippen LogP contribution in [0.4, 0.5) is 4.39 Å². The number of Topliss-reactive ketones (excluding diaryl/α,β-unsaturated/α-hetero) is 1. The van der Waals surface area contributed by atoms with Gasteiger partial charge in [-0.2, -0.15) is 0 Å². The molecule has 4 aliphatic rings. The minimum Gasteiger partial charge on any atom is -0.347 e. The number of rotatable bonds is 13. The summed E-state index contributed by atoms with van der Waals surface area (Å²) >= 11 is 0. The van der Waals surface area contributed by atoms with Crippen LogP contribution in [0.2, 0.25) is 0 Å². The molecule has 0 aromatic carbocycles. The van der Waals surface area contributed by atoms with Crippen molar-refractivity contribution in [1.82, 2.24) is 36.1 Å². The van der Waals surface area contributed by atoms with Gasteiger partial charge in [0.05, 0.1) is 6.20 Å². The van der Waals surface area contributed by atoms with Crippen LogP contribution in [0, 0.1) is 23.2 Å². The van der Waals surface area contributed by atoms with Gasteiger partial charge in [-0.3, -0.25) is 33.8 Å². The number of alkyl halides is 1. The van der Waals surface area contributed by atoms with Crippen LogP contribution >= 0.6 is 0 Å². The van der Waals surface area contributed by atoms with Crippen molar-refractivity contribution in [3.8, 4) is 0 Å². The van der Waals surface area contributed by atoms with E-state index in [9.17, 15) is 28.8 Å². The predicted octanol–water partition coefficient (Wildman–Crippen LogP) is 2.74. The number of carbonyl (C=O) groups is 6. The molecular formula is C36H52FN7O6. The van der Waals surface area contributed by atoms with Crippen LogP contribution in [-0.2, 0) is 24.0 Å². The maximum absolute atomic E-state index is 16.3. The SMILES string of the molecule is CCCC(F)(NC(=O)[C@@H]1[C@H]2CCC[C@H]2CN1C(=O)C(NC(=O)[C@@H](NC(=O)c1cnccn1)C1CCCCC1)C(C)(C)C)C(=O)C(=O)NC1CC1. The molecule has 1 saturated heterocycles. The van der Waals surface area contributed by atoms with E-state index in [4.69, 9.17) is 0 Å². The second-order valence-corrected chi connectivity index (χ2v) is 15.7. The van der Waals surface area contributed by atoms with Gasteiger partial charge in [0.25, 0.3) is 23.4 Å². The molecule has 3 aliphatic carbocycles. The van der Waals surface area contributed by atoms with E-state index >= 15 is 4.39 Å². The van der Waals surface area contributed by atoms with Crippen molar-refractivity contribution in [1.29, 1.82) is 0 Å². The molecule has 1 aromatic rings. The largest absolute Gasteiger partial charge is 0.347 e. The lowest BCUT2D eigenvalue weighted by Gasteiger charge is -2.38. The van der Waals surface area contributed by atoms with Crippen molar-refractivity contribution < 1.29 is 33.2 Å². The third-order valence-corrected chi connectivity index (χ3v) is 10.7. The molecule has 1 aromatic heterocycles. The van der Waals surface area contributed by atoms with Gasteiger partial charge >= 0.3 is 0 Å².